The molecule has 13 rings (SSSR count). The molecule has 5 aromatic carbocycles. The van der Waals surface area contributed by atoms with E-state index in [4.69, 9.17) is 38.8 Å². The van der Waals surface area contributed by atoms with E-state index in [2.05, 4.69) is 171 Å². The van der Waals surface area contributed by atoms with Crippen LogP contribution in [0.25, 0.3) is 0 Å². The van der Waals surface area contributed by atoms with Gasteiger partial charge in [-0.1, -0.05) is 109 Å². The summed E-state index contributed by atoms with van der Waals surface area (Å²) in [6.45, 7) is 37.4. The average Bonchev–Trinajstić information content (AvgIpc) is 1.64. The van der Waals surface area contributed by atoms with Gasteiger partial charge in [-0.25, -0.2) is 0 Å². The Kier molecular flexibility index (Phi) is 39.8. The summed E-state index contributed by atoms with van der Waals surface area (Å²) >= 11 is -4.37. The molecule has 0 radical (unpaired) electrons. The van der Waals surface area contributed by atoms with Crippen molar-refractivity contribution in [1.29, 1.82) is 0 Å². The van der Waals surface area contributed by atoms with E-state index in [0.29, 0.717) is 0 Å². The summed E-state index contributed by atoms with van der Waals surface area (Å²) in [6, 6.07) is 28.1. The van der Waals surface area contributed by atoms with E-state index in [0.717, 1.165) is 31.7 Å². The Balaban J connectivity index is 0.000000179. The molecule has 2 saturated heterocycles. The molecule has 0 spiro atoms. The molecular weight excluding hydrogens is 1590 g/mol. The third-order valence-corrected chi connectivity index (χ3v) is 35.7. The summed E-state index contributed by atoms with van der Waals surface area (Å²) in [5, 5.41) is 0. The number of rotatable bonds is 11. The number of anilines is 4. The van der Waals surface area contributed by atoms with Gasteiger partial charge in [0.2, 0.25) is 0 Å². The van der Waals surface area contributed by atoms with Crippen molar-refractivity contribution in [3.05, 3.63) is 177 Å². The molecule has 0 N–H and O–H groups in total. The maximum absolute atomic E-state index is 10.9. The van der Waals surface area contributed by atoms with Gasteiger partial charge in [-0.05, 0) is 288 Å². The maximum atomic E-state index is 10.9. The van der Waals surface area contributed by atoms with Crippen molar-refractivity contribution in [1.82, 2.24) is 0 Å². The summed E-state index contributed by atoms with van der Waals surface area (Å²) in [4.78, 5) is 9.62. The first-order chi connectivity index (χ1) is 49.8. The molecule has 2 aliphatic heterocycles. The molecule has 0 unspecified atom stereocenters. The van der Waals surface area contributed by atoms with Gasteiger partial charge in [-0.3, -0.25) is 0 Å². The minimum absolute atomic E-state index is 0.0465. The first-order valence-electron chi connectivity index (χ1n) is 39.7. The Morgan fingerprint density at radius 1 is 0.356 bits per heavy atom. The van der Waals surface area contributed by atoms with E-state index >= 15 is 0 Å². The van der Waals surface area contributed by atoms with Crippen LogP contribution < -0.4 is 19.6 Å². The van der Waals surface area contributed by atoms with Gasteiger partial charge >= 0.3 is 120 Å². The van der Waals surface area contributed by atoms with Crippen molar-refractivity contribution < 1.29 is 44.6 Å². The summed E-state index contributed by atoms with van der Waals surface area (Å²) in [5.41, 5.74) is 30.1. The number of benzene rings is 5. The molecule has 104 heavy (non-hydrogen) atoms. The number of hydrogen-bond donors (Lipinski definition) is 0. The van der Waals surface area contributed by atoms with Crippen LogP contribution in [0.15, 0.2) is 91.5 Å². The van der Waals surface area contributed by atoms with E-state index in [9.17, 15) is 17.6 Å². The molecule has 0 amide bonds. The molecule has 584 valence electrons. The van der Waals surface area contributed by atoms with Crippen LogP contribution in [-0.4, -0.2) is 69.4 Å². The molecule has 0 aromatic heterocycles. The van der Waals surface area contributed by atoms with Gasteiger partial charge in [0, 0.05) is 64.8 Å². The van der Waals surface area contributed by atoms with Crippen molar-refractivity contribution in [2.45, 2.75) is 310 Å². The van der Waals surface area contributed by atoms with Gasteiger partial charge in [-0.15, -0.1) is 0 Å². The number of aryl methyl sites for hydroxylation is 12. The van der Waals surface area contributed by atoms with Crippen LogP contribution in [-0.2, 0) is 27.0 Å². The Labute approximate surface area is 658 Å². The second-order valence-electron chi connectivity index (χ2n) is 31.4. The first-order valence-corrected chi connectivity index (χ1v) is 54.0. The van der Waals surface area contributed by atoms with Crippen LogP contribution in [0, 0.1) is 96.4 Å². The predicted octanol–water partition coefficient (Wildman–Crippen LogP) is 28.5. The fourth-order valence-corrected chi connectivity index (χ4v) is 31.7. The van der Waals surface area contributed by atoms with Gasteiger partial charge in [0.05, 0.1) is 34.0 Å². The van der Waals surface area contributed by atoms with Crippen LogP contribution in [0.5, 0.6) is 0 Å². The standard InChI is InChI=1S/2C21H27N2.2C18H33P.C7H6.C2H2F2.CF2.4ClH.2Ru/c2*1-14-9-16(3)20(17(4)10-14)22-7-8-23(13-22)21-18(5)11-15(2)12-19(21)6;2*1-4-10-16(11-5-1)19(17-12-6-2-7-13-17)18-14-8-3-9-15-18;1-7-5-3-2-4-6-7;1-2(3)4;2-1-3;;;;;;/h2*9-13H,7-8H2,1-6H3;2*16-18H,1-15H2;1-6H;1H2;;4*1H;;/q2*-1;;;;;;;;;;2*+2/p-2. The molecule has 2 heterocycles. The van der Waals surface area contributed by atoms with Crippen LogP contribution in [0.4, 0.5) is 40.3 Å². The van der Waals surface area contributed by atoms with Crippen LogP contribution in [0.1, 0.15) is 265 Å². The monoisotopic (exact) mass is 1720 g/mol. The van der Waals surface area contributed by atoms with Crippen molar-refractivity contribution in [2.75, 3.05) is 45.8 Å². The van der Waals surface area contributed by atoms with E-state index in [1.54, 1.807) is 193 Å². The molecule has 0 bridgehead atoms. The predicted molar refractivity (Wildman–Crippen MR) is 452 cm³/mol. The molecule has 6 aliphatic carbocycles. The Hall–Kier alpha value is -2.23. The summed E-state index contributed by atoms with van der Waals surface area (Å²) in [7, 11) is 20.7. The summed E-state index contributed by atoms with van der Waals surface area (Å²) < 4.78 is 42.1. The number of halogens is 8. The number of nitrogens with zero attached hydrogens (tertiary/aromatic N) is 4. The van der Waals surface area contributed by atoms with E-state index in [1.807, 2.05) is 34.9 Å². The SMILES string of the molecule is C1CCC([PH+](C2CCCCC2)C2CCCCC2)CC1.C1CCC([PH+](C2CCCCC2)C2CCCCC2)CC1.C=C(F)F.Cc1cc(C)c(N2[CH-]N(c3c(C)cc(C)cc3C)CC2)c(C)c1.Cc1cc(C)c(N2[CH-]N(c3c(C)cc(C)cc3C)CC2)c(C)c1.F[C](F)=[Ru]([Cl])[Cl].[Cl][Ru]([Cl])=[CH]c1ccccc1. The van der Waals surface area contributed by atoms with E-state index in [-0.39, 0.29) is 15.8 Å². The quantitative estimate of drug-likeness (QED) is 0.0565. The van der Waals surface area contributed by atoms with E-state index in [1.165, 1.54) is 123 Å². The zero-order chi connectivity index (χ0) is 75.4. The van der Waals surface area contributed by atoms with Gasteiger partial charge in [0.25, 0.3) is 6.08 Å². The topological polar surface area (TPSA) is 13.0 Å². The fourth-order valence-electron chi connectivity index (χ4n) is 19.4. The summed E-state index contributed by atoms with van der Waals surface area (Å²) in [5.74, 6) is 0. The van der Waals surface area contributed by atoms with Gasteiger partial charge in [0.15, 0.2) is 0 Å². The van der Waals surface area contributed by atoms with E-state index < -0.39 is 37.7 Å². The second-order valence-corrected chi connectivity index (χ2v) is 49.6. The van der Waals surface area contributed by atoms with Crippen LogP contribution in [0.2, 0.25) is 0 Å². The third kappa shape index (κ3) is 28.8. The fraction of sp³-hybridized carbons (Fsp3) is 0.591. The van der Waals surface area contributed by atoms with Crippen molar-refractivity contribution in [3.63, 3.8) is 0 Å². The molecule has 8 aliphatic rings. The molecule has 0 atom stereocenters. The Morgan fingerprint density at radius 2 is 0.538 bits per heavy atom. The van der Waals surface area contributed by atoms with Crippen molar-refractivity contribution in [3.8, 4) is 0 Å². The zero-order valence-electron chi connectivity index (χ0n) is 65.5. The average molecular weight is 1730 g/mol. The second kappa shape index (κ2) is 46.6. The molecule has 16 heteroatoms. The molecular formula is C88H130Cl4F4N4P2Ru2. The van der Waals surface area contributed by atoms with Gasteiger partial charge in [0.1, 0.15) is 0 Å². The van der Waals surface area contributed by atoms with Crippen LogP contribution >= 0.6 is 54.6 Å². The molecule has 6 saturated carbocycles. The Bertz CT molecular complexity index is 2970. The number of hydrogen-bond acceptors (Lipinski definition) is 4. The third-order valence-electron chi connectivity index (χ3n) is 23.0. The zero-order valence-corrected chi connectivity index (χ0v) is 74.0. The van der Waals surface area contributed by atoms with Gasteiger partial charge in [-0.2, -0.15) is 22.1 Å². The van der Waals surface area contributed by atoms with Crippen molar-refractivity contribution >= 4 is 86.6 Å². The molecule has 4 nitrogen and oxygen atoms in total. The molecule has 5 aromatic rings. The normalized spacial score (nSPS) is 19.0. The minimum atomic E-state index is -2.75. The summed E-state index contributed by atoms with van der Waals surface area (Å²) in [6.07, 6.45) is 45.8. The first kappa shape index (κ1) is 89.0. The van der Waals surface area contributed by atoms with Crippen molar-refractivity contribution in [2.24, 2.45) is 0 Å². The van der Waals surface area contributed by atoms with Gasteiger partial charge < -0.3 is 19.6 Å². The Morgan fingerprint density at radius 3 is 0.702 bits per heavy atom. The van der Waals surface area contributed by atoms with Crippen LogP contribution in [0.3, 0.4) is 0 Å². The molecule has 8 fully saturated rings.